The highest BCUT2D eigenvalue weighted by molar-refractivity contribution is 5.94. The Morgan fingerprint density at radius 2 is 1.95 bits per heavy atom. The zero-order valence-electron chi connectivity index (χ0n) is 12.1. The molecule has 4 heteroatoms. The van der Waals surface area contributed by atoms with Crippen molar-refractivity contribution in [1.82, 2.24) is 5.32 Å². The van der Waals surface area contributed by atoms with Crippen molar-refractivity contribution in [2.45, 2.75) is 26.7 Å². The highest BCUT2D eigenvalue weighted by Gasteiger charge is 2.20. The van der Waals surface area contributed by atoms with E-state index in [1.54, 1.807) is 0 Å². The van der Waals surface area contributed by atoms with Crippen molar-refractivity contribution in [3.8, 4) is 0 Å². The average Bonchev–Trinajstić information content (AvgIpc) is 2.40. The van der Waals surface area contributed by atoms with Crippen LogP contribution in [0.3, 0.4) is 0 Å². The number of nitrogens with one attached hydrogen (secondary N) is 1. The van der Waals surface area contributed by atoms with E-state index in [9.17, 15) is 4.79 Å². The molecule has 1 unspecified atom stereocenters. The van der Waals surface area contributed by atoms with Gasteiger partial charge in [-0.15, -0.1) is 12.4 Å². The molecule has 0 aliphatic rings. The second-order valence-corrected chi connectivity index (χ2v) is 4.64. The van der Waals surface area contributed by atoms with Crippen LogP contribution in [0.25, 0.3) is 0 Å². The van der Waals surface area contributed by atoms with Crippen molar-refractivity contribution in [2.24, 2.45) is 5.92 Å². The summed E-state index contributed by atoms with van der Waals surface area (Å²) in [5.74, 6) is 0.205. The number of unbranched alkanes of at least 4 members (excludes halogenated alkanes) is 1. The van der Waals surface area contributed by atoms with Gasteiger partial charge in [-0.05, 0) is 25.6 Å². The third-order valence-electron chi connectivity index (χ3n) is 3.00. The van der Waals surface area contributed by atoms with Crippen molar-refractivity contribution in [3.05, 3.63) is 30.3 Å². The number of carbonyl (C=O) groups excluding carboxylic acids is 1. The molecule has 108 valence electrons. The first-order valence-electron chi connectivity index (χ1n) is 6.71. The van der Waals surface area contributed by atoms with Gasteiger partial charge in [-0.3, -0.25) is 4.79 Å². The molecule has 1 aromatic rings. The van der Waals surface area contributed by atoms with Crippen LogP contribution in [0.2, 0.25) is 0 Å². The Hall–Kier alpha value is -1.06. The van der Waals surface area contributed by atoms with E-state index in [0.29, 0.717) is 6.54 Å². The van der Waals surface area contributed by atoms with E-state index >= 15 is 0 Å². The Morgan fingerprint density at radius 3 is 2.47 bits per heavy atom. The molecule has 0 fully saturated rings. The van der Waals surface area contributed by atoms with E-state index in [4.69, 9.17) is 0 Å². The molecule has 19 heavy (non-hydrogen) atoms. The Labute approximate surface area is 122 Å². The number of para-hydroxylation sites is 1. The average molecular weight is 285 g/mol. The molecule has 3 nitrogen and oxygen atoms in total. The molecule has 1 atom stereocenters. The number of halogens is 1. The standard InChI is InChI=1S/C15H24N2O.ClH/c1-4-5-11-17(14-9-7-6-8-10-14)15(18)13(2)12-16-3;/h6-10,13,16H,4-5,11-12H2,1-3H3;1H. The largest absolute Gasteiger partial charge is 0.319 e. The van der Waals surface area contributed by atoms with Crippen LogP contribution in [-0.2, 0) is 4.79 Å². The van der Waals surface area contributed by atoms with Crippen LogP contribution in [0, 0.1) is 5.92 Å². The van der Waals surface area contributed by atoms with Crippen LogP contribution in [0.5, 0.6) is 0 Å². The molecule has 0 aliphatic heterocycles. The van der Waals surface area contributed by atoms with Gasteiger partial charge in [0.05, 0.1) is 0 Å². The zero-order valence-corrected chi connectivity index (χ0v) is 12.9. The summed E-state index contributed by atoms with van der Waals surface area (Å²) in [5.41, 5.74) is 0.999. The molecular formula is C15H25ClN2O. The monoisotopic (exact) mass is 284 g/mol. The van der Waals surface area contributed by atoms with Crippen molar-refractivity contribution in [2.75, 3.05) is 25.0 Å². The van der Waals surface area contributed by atoms with Gasteiger partial charge in [-0.1, -0.05) is 38.5 Å². The summed E-state index contributed by atoms with van der Waals surface area (Å²) >= 11 is 0. The van der Waals surface area contributed by atoms with E-state index < -0.39 is 0 Å². The molecular weight excluding hydrogens is 260 g/mol. The lowest BCUT2D eigenvalue weighted by molar-refractivity contribution is -0.121. The fourth-order valence-electron chi connectivity index (χ4n) is 1.95. The topological polar surface area (TPSA) is 32.3 Å². The van der Waals surface area contributed by atoms with Crippen LogP contribution in [0.1, 0.15) is 26.7 Å². The van der Waals surface area contributed by atoms with Crippen molar-refractivity contribution in [1.29, 1.82) is 0 Å². The maximum Gasteiger partial charge on any atom is 0.231 e. The normalized spacial score (nSPS) is 11.5. The van der Waals surface area contributed by atoms with E-state index in [1.165, 1.54) is 0 Å². The summed E-state index contributed by atoms with van der Waals surface area (Å²) in [7, 11) is 1.88. The lowest BCUT2D eigenvalue weighted by Gasteiger charge is -2.26. The molecule has 0 aliphatic carbocycles. The van der Waals surface area contributed by atoms with E-state index in [-0.39, 0.29) is 24.2 Å². The maximum absolute atomic E-state index is 12.4. The summed E-state index contributed by atoms with van der Waals surface area (Å²) in [6.07, 6.45) is 2.13. The van der Waals surface area contributed by atoms with Crippen LogP contribution < -0.4 is 10.2 Å². The fourth-order valence-corrected chi connectivity index (χ4v) is 1.95. The Kier molecular flexibility index (Phi) is 9.27. The molecule has 0 radical (unpaired) electrons. The third-order valence-corrected chi connectivity index (χ3v) is 3.00. The number of carbonyl (C=O) groups is 1. The van der Waals surface area contributed by atoms with Crippen molar-refractivity contribution >= 4 is 24.0 Å². The quantitative estimate of drug-likeness (QED) is 0.834. The Bertz CT molecular complexity index is 356. The summed E-state index contributed by atoms with van der Waals surface area (Å²) in [6.45, 7) is 5.63. The smallest absolute Gasteiger partial charge is 0.231 e. The van der Waals surface area contributed by atoms with Crippen LogP contribution in [-0.4, -0.2) is 26.0 Å². The second-order valence-electron chi connectivity index (χ2n) is 4.64. The SMILES string of the molecule is CCCCN(C(=O)C(C)CNC)c1ccccc1.Cl. The fraction of sp³-hybridized carbons (Fsp3) is 0.533. The van der Waals surface area contributed by atoms with Gasteiger partial charge in [0.1, 0.15) is 0 Å². The summed E-state index contributed by atoms with van der Waals surface area (Å²) < 4.78 is 0. The van der Waals surface area contributed by atoms with Gasteiger partial charge >= 0.3 is 0 Å². The predicted octanol–water partition coefficient (Wildman–Crippen LogP) is 3.10. The molecule has 0 saturated carbocycles. The summed E-state index contributed by atoms with van der Waals surface area (Å²) in [5, 5.41) is 3.06. The predicted molar refractivity (Wildman–Crippen MR) is 84.0 cm³/mol. The molecule has 0 aromatic heterocycles. The minimum Gasteiger partial charge on any atom is -0.319 e. The number of anilines is 1. The highest BCUT2D eigenvalue weighted by Crippen LogP contribution is 2.17. The number of hydrogen-bond donors (Lipinski definition) is 1. The first-order chi connectivity index (χ1) is 8.70. The zero-order chi connectivity index (χ0) is 13.4. The Morgan fingerprint density at radius 1 is 1.32 bits per heavy atom. The minimum absolute atomic E-state index is 0. The van der Waals surface area contributed by atoms with Gasteiger partial charge < -0.3 is 10.2 Å². The molecule has 0 spiro atoms. The maximum atomic E-state index is 12.4. The molecule has 1 aromatic carbocycles. The van der Waals surface area contributed by atoms with Gasteiger partial charge in [-0.25, -0.2) is 0 Å². The first kappa shape index (κ1) is 17.9. The van der Waals surface area contributed by atoms with Gasteiger partial charge in [0, 0.05) is 24.7 Å². The van der Waals surface area contributed by atoms with Gasteiger partial charge in [0.25, 0.3) is 0 Å². The number of hydrogen-bond acceptors (Lipinski definition) is 2. The first-order valence-corrected chi connectivity index (χ1v) is 6.71. The number of benzene rings is 1. The second kappa shape index (κ2) is 9.82. The number of amides is 1. The summed E-state index contributed by atoms with van der Waals surface area (Å²) in [6, 6.07) is 9.93. The molecule has 1 rings (SSSR count). The molecule has 0 heterocycles. The molecule has 0 bridgehead atoms. The van der Waals surface area contributed by atoms with Crippen molar-refractivity contribution < 1.29 is 4.79 Å². The number of nitrogens with zero attached hydrogens (tertiary/aromatic N) is 1. The minimum atomic E-state index is 0. The molecule has 1 amide bonds. The Balaban J connectivity index is 0.00000324. The van der Waals surface area contributed by atoms with E-state index in [1.807, 2.05) is 49.2 Å². The van der Waals surface area contributed by atoms with Gasteiger partial charge in [0.15, 0.2) is 0 Å². The summed E-state index contributed by atoms with van der Waals surface area (Å²) in [4.78, 5) is 14.3. The van der Waals surface area contributed by atoms with Crippen LogP contribution >= 0.6 is 12.4 Å². The highest BCUT2D eigenvalue weighted by atomic mass is 35.5. The van der Waals surface area contributed by atoms with Crippen LogP contribution in [0.4, 0.5) is 5.69 Å². The molecule has 1 N–H and O–H groups in total. The number of rotatable bonds is 7. The van der Waals surface area contributed by atoms with E-state index in [0.717, 1.165) is 25.1 Å². The van der Waals surface area contributed by atoms with Gasteiger partial charge in [-0.2, -0.15) is 0 Å². The lowest BCUT2D eigenvalue weighted by atomic mass is 10.1. The van der Waals surface area contributed by atoms with Gasteiger partial charge in [0.2, 0.25) is 5.91 Å². The van der Waals surface area contributed by atoms with E-state index in [2.05, 4.69) is 12.2 Å². The third kappa shape index (κ3) is 5.62. The molecule has 0 saturated heterocycles. The van der Waals surface area contributed by atoms with Crippen molar-refractivity contribution in [3.63, 3.8) is 0 Å². The lowest BCUT2D eigenvalue weighted by Crippen LogP contribution is -2.39. The van der Waals surface area contributed by atoms with Crippen LogP contribution in [0.15, 0.2) is 30.3 Å².